The van der Waals surface area contributed by atoms with Gasteiger partial charge in [0.2, 0.25) is 0 Å². The maximum Gasteiger partial charge on any atom is 0.137 e. The molecule has 2 rings (SSSR count). The van der Waals surface area contributed by atoms with E-state index in [0.717, 1.165) is 37.3 Å². The molecular formula is C12H18N2O2. The van der Waals surface area contributed by atoms with Gasteiger partial charge in [0.05, 0.1) is 12.3 Å². The first-order valence-corrected chi connectivity index (χ1v) is 5.78. The molecule has 1 aliphatic heterocycles. The fourth-order valence-electron chi connectivity index (χ4n) is 1.76. The number of nitrogens with two attached hydrogens (primary N) is 1. The summed E-state index contributed by atoms with van der Waals surface area (Å²) in [6.07, 6.45) is 5.05. The molecule has 1 aromatic rings. The van der Waals surface area contributed by atoms with E-state index in [4.69, 9.17) is 15.2 Å². The molecule has 88 valence electrons. The Bertz CT molecular complexity index is 307. The van der Waals surface area contributed by atoms with Crippen LogP contribution in [0.25, 0.3) is 0 Å². The second kappa shape index (κ2) is 5.82. The van der Waals surface area contributed by atoms with Gasteiger partial charge in [0.1, 0.15) is 12.4 Å². The molecule has 4 nitrogen and oxygen atoms in total. The van der Waals surface area contributed by atoms with E-state index in [9.17, 15) is 0 Å². The zero-order valence-corrected chi connectivity index (χ0v) is 9.39. The van der Waals surface area contributed by atoms with Crippen LogP contribution in [-0.2, 0) is 11.2 Å². The van der Waals surface area contributed by atoms with Crippen LogP contribution in [0.4, 0.5) is 0 Å². The summed E-state index contributed by atoms with van der Waals surface area (Å²) in [7, 11) is 0. The molecule has 0 radical (unpaired) electrons. The summed E-state index contributed by atoms with van der Waals surface area (Å²) in [6.45, 7) is 2.11. The molecular weight excluding hydrogens is 204 g/mol. The molecule has 4 heteroatoms. The third kappa shape index (κ3) is 3.18. The van der Waals surface area contributed by atoms with Crippen LogP contribution in [0.3, 0.4) is 0 Å². The lowest BCUT2D eigenvalue weighted by molar-refractivity contribution is 0.0678. The third-order valence-corrected chi connectivity index (χ3v) is 2.66. The molecule has 0 saturated carbocycles. The molecule has 1 atom stereocenters. The van der Waals surface area contributed by atoms with Crippen molar-refractivity contribution in [3.63, 3.8) is 0 Å². The summed E-state index contributed by atoms with van der Waals surface area (Å²) >= 11 is 0. The van der Waals surface area contributed by atoms with Crippen molar-refractivity contribution < 1.29 is 9.47 Å². The van der Waals surface area contributed by atoms with E-state index >= 15 is 0 Å². The van der Waals surface area contributed by atoms with Crippen molar-refractivity contribution in [3.05, 3.63) is 24.0 Å². The predicted molar refractivity (Wildman–Crippen MR) is 61.5 cm³/mol. The molecule has 16 heavy (non-hydrogen) atoms. The average Bonchev–Trinajstić information content (AvgIpc) is 2.82. The Hall–Kier alpha value is -1.13. The number of ether oxygens (including phenoxy) is 2. The van der Waals surface area contributed by atoms with Gasteiger partial charge in [-0.3, -0.25) is 4.98 Å². The molecule has 1 fully saturated rings. The van der Waals surface area contributed by atoms with Gasteiger partial charge in [-0.25, -0.2) is 0 Å². The smallest absolute Gasteiger partial charge is 0.137 e. The van der Waals surface area contributed by atoms with Gasteiger partial charge in [-0.1, -0.05) is 0 Å². The van der Waals surface area contributed by atoms with E-state index < -0.39 is 0 Å². The van der Waals surface area contributed by atoms with Gasteiger partial charge in [-0.05, 0) is 31.5 Å². The van der Waals surface area contributed by atoms with Crippen molar-refractivity contribution in [1.29, 1.82) is 0 Å². The summed E-state index contributed by atoms with van der Waals surface area (Å²) in [4.78, 5) is 4.27. The maximum absolute atomic E-state index is 5.60. The highest BCUT2D eigenvalue weighted by atomic mass is 16.5. The maximum atomic E-state index is 5.60. The van der Waals surface area contributed by atoms with Crippen molar-refractivity contribution in [3.8, 4) is 5.75 Å². The van der Waals surface area contributed by atoms with Crippen molar-refractivity contribution in [1.82, 2.24) is 4.98 Å². The van der Waals surface area contributed by atoms with Gasteiger partial charge < -0.3 is 15.2 Å². The van der Waals surface area contributed by atoms with Gasteiger partial charge in [0.25, 0.3) is 0 Å². The van der Waals surface area contributed by atoms with E-state index in [0.29, 0.717) is 13.2 Å². The van der Waals surface area contributed by atoms with Crippen LogP contribution in [0.15, 0.2) is 18.3 Å². The number of aromatic nitrogens is 1. The molecule has 0 bridgehead atoms. The summed E-state index contributed by atoms with van der Waals surface area (Å²) in [6, 6.07) is 3.89. The van der Waals surface area contributed by atoms with E-state index in [1.54, 1.807) is 6.20 Å². The number of rotatable bonds is 5. The van der Waals surface area contributed by atoms with E-state index in [1.807, 2.05) is 12.1 Å². The molecule has 2 N–H and O–H groups in total. The highest BCUT2D eigenvalue weighted by Gasteiger charge is 2.15. The normalized spacial score (nSPS) is 19.9. The lowest BCUT2D eigenvalue weighted by Gasteiger charge is -2.11. The zero-order chi connectivity index (χ0) is 11.2. The SMILES string of the molecule is NCCc1ccc(OCC2CCCO2)cn1. The van der Waals surface area contributed by atoms with Crippen molar-refractivity contribution in [2.75, 3.05) is 19.8 Å². The van der Waals surface area contributed by atoms with Gasteiger partial charge in [0, 0.05) is 18.7 Å². The Morgan fingerprint density at radius 2 is 2.44 bits per heavy atom. The summed E-state index contributed by atoms with van der Waals surface area (Å²) in [5.74, 6) is 0.802. The third-order valence-electron chi connectivity index (χ3n) is 2.66. The summed E-state index contributed by atoms with van der Waals surface area (Å²) < 4.78 is 11.1. The standard InChI is InChI=1S/C12H18N2O2/c13-6-5-10-3-4-11(8-14-10)16-9-12-2-1-7-15-12/h3-4,8,12H,1-2,5-7,9,13H2. The van der Waals surface area contributed by atoms with E-state index in [2.05, 4.69) is 4.98 Å². The van der Waals surface area contributed by atoms with Crippen molar-refractivity contribution in [2.45, 2.75) is 25.4 Å². The molecule has 1 aromatic heterocycles. The quantitative estimate of drug-likeness (QED) is 0.811. The lowest BCUT2D eigenvalue weighted by Crippen LogP contribution is -2.16. The van der Waals surface area contributed by atoms with Crippen LogP contribution < -0.4 is 10.5 Å². The Morgan fingerprint density at radius 3 is 3.06 bits per heavy atom. The Morgan fingerprint density at radius 1 is 1.50 bits per heavy atom. The first-order chi connectivity index (χ1) is 7.88. The largest absolute Gasteiger partial charge is 0.489 e. The highest BCUT2D eigenvalue weighted by molar-refractivity contribution is 5.20. The average molecular weight is 222 g/mol. The Kier molecular flexibility index (Phi) is 4.13. The van der Waals surface area contributed by atoms with Crippen LogP contribution in [0.2, 0.25) is 0 Å². The fourth-order valence-corrected chi connectivity index (χ4v) is 1.76. The Labute approximate surface area is 95.8 Å². The van der Waals surface area contributed by atoms with Crippen LogP contribution in [0, 0.1) is 0 Å². The number of pyridine rings is 1. The topological polar surface area (TPSA) is 57.4 Å². The van der Waals surface area contributed by atoms with Crippen LogP contribution >= 0.6 is 0 Å². The first-order valence-electron chi connectivity index (χ1n) is 5.78. The first kappa shape index (κ1) is 11.4. The summed E-state index contributed by atoms with van der Waals surface area (Å²) in [5, 5.41) is 0. The molecule has 2 heterocycles. The lowest BCUT2D eigenvalue weighted by atomic mass is 10.2. The number of hydrogen-bond donors (Lipinski definition) is 1. The monoisotopic (exact) mass is 222 g/mol. The minimum absolute atomic E-state index is 0.253. The second-order valence-corrected chi connectivity index (χ2v) is 3.97. The zero-order valence-electron chi connectivity index (χ0n) is 9.39. The van der Waals surface area contributed by atoms with Crippen LogP contribution in [-0.4, -0.2) is 30.8 Å². The van der Waals surface area contributed by atoms with Crippen molar-refractivity contribution >= 4 is 0 Å². The minimum Gasteiger partial charge on any atom is -0.489 e. The van der Waals surface area contributed by atoms with Gasteiger partial charge in [-0.2, -0.15) is 0 Å². The number of hydrogen-bond acceptors (Lipinski definition) is 4. The molecule has 0 amide bonds. The fraction of sp³-hybridized carbons (Fsp3) is 0.583. The molecule has 1 saturated heterocycles. The van der Waals surface area contributed by atoms with Gasteiger partial charge >= 0.3 is 0 Å². The van der Waals surface area contributed by atoms with Crippen LogP contribution in [0.5, 0.6) is 5.75 Å². The van der Waals surface area contributed by atoms with Crippen LogP contribution in [0.1, 0.15) is 18.5 Å². The minimum atomic E-state index is 0.253. The highest BCUT2D eigenvalue weighted by Crippen LogP contribution is 2.15. The van der Waals surface area contributed by atoms with Crippen molar-refractivity contribution in [2.24, 2.45) is 5.73 Å². The van der Waals surface area contributed by atoms with E-state index in [1.165, 1.54) is 0 Å². The molecule has 0 aliphatic carbocycles. The van der Waals surface area contributed by atoms with E-state index in [-0.39, 0.29) is 6.10 Å². The second-order valence-electron chi connectivity index (χ2n) is 3.97. The van der Waals surface area contributed by atoms with Gasteiger partial charge in [0.15, 0.2) is 0 Å². The molecule has 1 unspecified atom stereocenters. The predicted octanol–water partition coefficient (Wildman–Crippen LogP) is 1.14. The number of nitrogens with zero attached hydrogens (tertiary/aromatic N) is 1. The molecule has 1 aliphatic rings. The Balaban J connectivity index is 1.80. The van der Waals surface area contributed by atoms with Gasteiger partial charge in [-0.15, -0.1) is 0 Å². The summed E-state index contributed by atoms with van der Waals surface area (Å²) in [5.41, 5.74) is 6.46. The molecule has 0 aromatic carbocycles. The molecule has 0 spiro atoms.